The number of fused-ring (bicyclic) bond motifs is 1. The largest absolute Gasteiger partial charge is 0.493 e. The Morgan fingerprint density at radius 2 is 2.00 bits per heavy atom. The lowest BCUT2D eigenvalue weighted by Gasteiger charge is -2.11. The van der Waals surface area contributed by atoms with Crippen LogP contribution < -0.4 is 4.74 Å². The SMILES string of the molecule is O=C(O)CCCn1c(O)c(/C=C2\C=Nc3cccc(OCc4ccccc4)c32)sc1=S. The minimum absolute atomic E-state index is 0.0234. The van der Waals surface area contributed by atoms with Crippen LogP contribution >= 0.6 is 23.6 Å². The van der Waals surface area contributed by atoms with Gasteiger partial charge in [-0.1, -0.05) is 36.4 Å². The van der Waals surface area contributed by atoms with Crippen molar-refractivity contribution in [3.63, 3.8) is 0 Å². The molecule has 31 heavy (non-hydrogen) atoms. The second-order valence-corrected chi connectivity index (χ2v) is 8.66. The molecular formula is C23H20N2O4S2. The zero-order valence-corrected chi connectivity index (χ0v) is 18.2. The number of benzene rings is 2. The van der Waals surface area contributed by atoms with Crippen LogP contribution in [-0.4, -0.2) is 27.0 Å². The number of ether oxygens (including phenoxy) is 1. The number of aromatic nitrogens is 1. The van der Waals surface area contributed by atoms with E-state index in [-0.39, 0.29) is 12.3 Å². The zero-order chi connectivity index (χ0) is 21.8. The van der Waals surface area contributed by atoms with Gasteiger partial charge in [0.2, 0.25) is 5.88 Å². The number of thiazole rings is 1. The van der Waals surface area contributed by atoms with Crippen molar-refractivity contribution in [3.05, 3.63) is 68.5 Å². The summed E-state index contributed by atoms with van der Waals surface area (Å²) in [5.74, 6) is -0.114. The maximum absolute atomic E-state index is 10.8. The van der Waals surface area contributed by atoms with Crippen LogP contribution in [0.2, 0.25) is 0 Å². The molecule has 0 amide bonds. The maximum Gasteiger partial charge on any atom is 0.303 e. The lowest BCUT2D eigenvalue weighted by molar-refractivity contribution is -0.137. The number of carboxylic acid groups (broad SMARTS) is 1. The third-order valence-electron chi connectivity index (χ3n) is 4.83. The quantitative estimate of drug-likeness (QED) is 0.429. The van der Waals surface area contributed by atoms with Crippen molar-refractivity contribution in [1.82, 2.24) is 4.57 Å². The van der Waals surface area contributed by atoms with Crippen molar-refractivity contribution in [3.8, 4) is 11.6 Å². The summed E-state index contributed by atoms with van der Waals surface area (Å²) in [4.78, 5) is 15.8. The van der Waals surface area contributed by atoms with E-state index in [1.165, 1.54) is 11.3 Å². The highest BCUT2D eigenvalue weighted by Crippen LogP contribution is 2.41. The van der Waals surface area contributed by atoms with Crippen molar-refractivity contribution in [2.45, 2.75) is 26.0 Å². The second-order valence-electron chi connectivity index (χ2n) is 6.99. The highest BCUT2D eigenvalue weighted by molar-refractivity contribution is 7.73. The van der Waals surface area contributed by atoms with Crippen molar-refractivity contribution < 1.29 is 19.7 Å². The molecule has 158 valence electrons. The number of aliphatic carboxylic acids is 1. The molecule has 0 atom stereocenters. The van der Waals surface area contributed by atoms with Gasteiger partial charge in [0, 0.05) is 24.8 Å². The van der Waals surface area contributed by atoms with Crippen LogP contribution in [0.25, 0.3) is 11.6 Å². The van der Waals surface area contributed by atoms with E-state index in [1.54, 1.807) is 10.8 Å². The number of aromatic hydroxyl groups is 1. The third kappa shape index (κ3) is 4.76. The summed E-state index contributed by atoms with van der Waals surface area (Å²) in [5.41, 5.74) is 3.57. The van der Waals surface area contributed by atoms with Crippen LogP contribution in [0.5, 0.6) is 11.6 Å². The van der Waals surface area contributed by atoms with Crippen LogP contribution in [0.15, 0.2) is 53.5 Å². The number of hydrogen-bond acceptors (Lipinski definition) is 6. The number of nitrogens with zero attached hydrogens (tertiary/aromatic N) is 2. The molecule has 1 aromatic heterocycles. The Hall–Kier alpha value is -3.23. The van der Waals surface area contributed by atoms with Gasteiger partial charge in [-0.15, -0.1) is 11.3 Å². The molecule has 0 aliphatic carbocycles. The molecule has 0 saturated heterocycles. The number of allylic oxidation sites excluding steroid dienone is 1. The number of rotatable bonds is 8. The molecule has 1 aliphatic rings. The van der Waals surface area contributed by atoms with Gasteiger partial charge in [-0.2, -0.15) is 0 Å². The van der Waals surface area contributed by atoms with Gasteiger partial charge in [0.25, 0.3) is 0 Å². The molecule has 0 unspecified atom stereocenters. The van der Waals surface area contributed by atoms with E-state index in [0.717, 1.165) is 22.4 Å². The second kappa shape index (κ2) is 9.28. The van der Waals surface area contributed by atoms with Gasteiger partial charge in [0.05, 0.1) is 16.1 Å². The van der Waals surface area contributed by atoms with E-state index in [9.17, 15) is 9.90 Å². The lowest BCUT2D eigenvalue weighted by Crippen LogP contribution is -2.01. The smallest absolute Gasteiger partial charge is 0.303 e. The first kappa shape index (κ1) is 21.0. The van der Waals surface area contributed by atoms with E-state index >= 15 is 0 Å². The van der Waals surface area contributed by atoms with E-state index in [2.05, 4.69) is 4.99 Å². The monoisotopic (exact) mass is 452 g/mol. The van der Waals surface area contributed by atoms with E-state index in [0.29, 0.717) is 34.2 Å². The molecule has 0 saturated carbocycles. The molecule has 6 nitrogen and oxygen atoms in total. The summed E-state index contributed by atoms with van der Waals surface area (Å²) in [7, 11) is 0. The minimum Gasteiger partial charge on any atom is -0.493 e. The summed E-state index contributed by atoms with van der Waals surface area (Å²) in [6, 6.07) is 15.7. The lowest BCUT2D eigenvalue weighted by atomic mass is 10.1. The first-order valence-electron chi connectivity index (χ1n) is 9.73. The number of aliphatic imine (C=N–C) groups is 1. The molecule has 2 aromatic carbocycles. The van der Waals surface area contributed by atoms with E-state index in [1.807, 2.05) is 54.6 Å². The van der Waals surface area contributed by atoms with Crippen molar-refractivity contribution in [2.75, 3.05) is 0 Å². The highest BCUT2D eigenvalue weighted by atomic mass is 32.1. The van der Waals surface area contributed by atoms with Crippen LogP contribution in [0.3, 0.4) is 0 Å². The maximum atomic E-state index is 10.8. The predicted molar refractivity (Wildman–Crippen MR) is 125 cm³/mol. The average Bonchev–Trinajstić information content (AvgIpc) is 3.29. The molecule has 3 aromatic rings. The van der Waals surface area contributed by atoms with Crippen molar-refractivity contribution in [2.24, 2.45) is 4.99 Å². The minimum atomic E-state index is -0.870. The van der Waals surface area contributed by atoms with Crippen molar-refractivity contribution in [1.29, 1.82) is 0 Å². The molecule has 0 radical (unpaired) electrons. The Kier molecular flexibility index (Phi) is 6.29. The number of carboxylic acids is 1. The summed E-state index contributed by atoms with van der Waals surface area (Å²) >= 11 is 6.65. The molecule has 2 N–H and O–H groups in total. The first-order chi connectivity index (χ1) is 15.0. The molecule has 4 rings (SSSR count). The normalized spacial score (nSPS) is 13.5. The van der Waals surface area contributed by atoms with Crippen LogP contribution in [0.1, 0.15) is 28.8 Å². The zero-order valence-electron chi connectivity index (χ0n) is 16.5. The Labute approximate surface area is 188 Å². The van der Waals surface area contributed by atoms with E-state index in [4.69, 9.17) is 22.1 Å². The van der Waals surface area contributed by atoms with E-state index < -0.39 is 5.97 Å². The third-order valence-corrected chi connectivity index (χ3v) is 6.21. The summed E-state index contributed by atoms with van der Waals surface area (Å²) in [6.45, 7) is 0.793. The Balaban J connectivity index is 1.60. The van der Waals surface area contributed by atoms with Gasteiger partial charge >= 0.3 is 5.97 Å². The van der Waals surface area contributed by atoms with Gasteiger partial charge in [-0.05, 0) is 42.4 Å². The van der Waals surface area contributed by atoms with Gasteiger partial charge in [0.15, 0.2) is 3.95 Å². The molecule has 0 bridgehead atoms. The van der Waals surface area contributed by atoms with Crippen LogP contribution in [-0.2, 0) is 17.9 Å². The van der Waals surface area contributed by atoms with Gasteiger partial charge in [-0.3, -0.25) is 14.4 Å². The standard InChI is InChI=1S/C23H20N2O4S2/c26-20(27)10-5-11-25-22(28)19(31-23(25)30)12-16-13-24-17-8-4-9-18(21(16)17)29-14-15-6-2-1-3-7-15/h1-4,6-9,12-13,28H,5,10-11,14H2,(H,26,27)/b16-12+. The Bertz CT molecular complexity index is 1230. The highest BCUT2D eigenvalue weighted by Gasteiger charge is 2.20. The molecular weight excluding hydrogens is 432 g/mol. The van der Waals surface area contributed by atoms with Crippen LogP contribution in [0, 0.1) is 3.95 Å². The van der Waals surface area contributed by atoms with Gasteiger partial charge in [-0.25, -0.2) is 0 Å². The fraction of sp³-hybridized carbons (Fsp3) is 0.174. The molecule has 0 spiro atoms. The number of carbonyl (C=O) groups is 1. The summed E-state index contributed by atoms with van der Waals surface area (Å²) in [6.07, 6.45) is 4.01. The van der Waals surface area contributed by atoms with Crippen LogP contribution in [0.4, 0.5) is 5.69 Å². The topological polar surface area (TPSA) is 84.0 Å². The van der Waals surface area contributed by atoms with Gasteiger partial charge in [0.1, 0.15) is 12.4 Å². The average molecular weight is 453 g/mol. The fourth-order valence-electron chi connectivity index (χ4n) is 3.32. The first-order valence-corrected chi connectivity index (χ1v) is 11.0. The van der Waals surface area contributed by atoms with Gasteiger partial charge < -0.3 is 14.9 Å². The molecule has 8 heteroatoms. The fourth-order valence-corrected chi connectivity index (χ4v) is 4.63. The molecule has 1 aliphatic heterocycles. The summed E-state index contributed by atoms with van der Waals surface area (Å²) in [5, 5.41) is 19.5. The molecule has 2 heterocycles. The molecule has 0 fully saturated rings. The number of hydrogen-bond donors (Lipinski definition) is 2. The van der Waals surface area contributed by atoms with Crippen molar-refractivity contribution >= 4 is 53.1 Å². The Morgan fingerprint density at radius 3 is 2.77 bits per heavy atom. The Morgan fingerprint density at radius 1 is 1.19 bits per heavy atom. The predicted octanol–water partition coefficient (Wildman–Crippen LogP) is 5.68. The summed E-state index contributed by atoms with van der Waals surface area (Å²) < 4.78 is 8.14.